The molecule has 33 heavy (non-hydrogen) atoms. The van der Waals surface area contributed by atoms with Crippen LogP contribution in [0.4, 0.5) is 11.4 Å². The zero-order valence-corrected chi connectivity index (χ0v) is 18.6. The van der Waals surface area contributed by atoms with Gasteiger partial charge in [0, 0.05) is 11.1 Å². The lowest BCUT2D eigenvalue weighted by Gasteiger charge is -2.18. The fraction of sp³-hybridized carbons (Fsp3) is 0.103. The van der Waals surface area contributed by atoms with Crippen molar-refractivity contribution in [1.29, 1.82) is 0 Å². The van der Waals surface area contributed by atoms with Gasteiger partial charge in [0.15, 0.2) is 0 Å². The van der Waals surface area contributed by atoms with E-state index in [4.69, 9.17) is 0 Å². The standard InChI is InChI=1S/C29H24N2O2/c1-3-20-13-17-23(18-14-20)30-27-26(22-15-11-19(2)12-16-22)28(32)31(29(27)33)25-10-6-8-21-7-4-5-9-24(21)25/h4-18,30H,3H2,1-2H3. The van der Waals surface area contributed by atoms with Crippen molar-refractivity contribution in [3.63, 3.8) is 0 Å². The van der Waals surface area contributed by atoms with Gasteiger partial charge in [-0.3, -0.25) is 9.59 Å². The lowest BCUT2D eigenvalue weighted by Crippen LogP contribution is -2.32. The Balaban J connectivity index is 1.63. The molecule has 1 heterocycles. The maximum absolute atomic E-state index is 13.8. The first-order valence-electron chi connectivity index (χ1n) is 11.1. The number of imide groups is 1. The Morgan fingerprint density at radius 2 is 1.45 bits per heavy atom. The first-order chi connectivity index (χ1) is 16.1. The zero-order valence-electron chi connectivity index (χ0n) is 18.6. The third-order valence-corrected chi connectivity index (χ3v) is 6.06. The largest absolute Gasteiger partial charge is 0.350 e. The molecule has 5 rings (SSSR count). The molecular weight excluding hydrogens is 408 g/mol. The van der Waals surface area contributed by atoms with Crippen molar-refractivity contribution >= 4 is 39.5 Å². The molecular formula is C29H24N2O2. The van der Waals surface area contributed by atoms with E-state index >= 15 is 0 Å². The summed E-state index contributed by atoms with van der Waals surface area (Å²) in [4.78, 5) is 28.8. The van der Waals surface area contributed by atoms with Crippen LogP contribution in [0.5, 0.6) is 0 Å². The van der Waals surface area contributed by atoms with Gasteiger partial charge in [-0.25, -0.2) is 4.90 Å². The third-order valence-electron chi connectivity index (χ3n) is 6.06. The van der Waals surface area contributed by atoms with Crippen molar-refractivity contribution in [2.24, 2.45) is 0 Å². The molecule has 0 saturated heterocycles. The summed E-state index contributed by atoms with van der Waals surface area (Å²) in [5, 5.41) is 5.09. The molecule has 1 aliphatic heterocycles. The Hall–Kier alpha value is -4.18. The highest BCUT2D eigenvalue weighted by molar-refractivity contribution is 6.47. The van der Waals surface area contributed by atoms with Crippen molar-refractivity contribution in [3.8, 4) is 0 Å². The lowest BCUT2D eigenvalue weighted by atomic mass is 10.0. The smallest absolute Gasteiger partial charge is 0.282 e. The number of anilines is 2. The molecule has 1 N–H and O–H groups in total. The number of aryl methyl sites for hydroxylation is 2. The number of rotatable bonds is 5. The van der Waals surface area contributed by atoms with Gasteiger partial charge in [-0.1, -0.05) is 85.3 Å². The summed E-state index contributed by atoms with van der Waals surface area (Å²) in [5.41, 5.74) is 5.05. The van der Waals surface area contributed by atoms with Crippen molar-refractivity contribution < 1.29 is 9.59 Å². The van der Waals surface area contributed by atoms with E-state index in [1.165, 1.54) is 10.5 Å². The van der Waals surface area contributed by atoms with Gasteiger partial charge in [0.05, 0.1) is 11.3 Å². The van der Waals surface area contributed by atoms with E-state index in [1.807, 2.05) is 97.9 Å². The molecule has 162 valence electrons. The number of nitrogens with zero attached hydrogens (tertiary/aromatic N) is 1. The Morgan fingerprint density at radius 3 is 2.18 bits per heavy atom. The molecule has 0 unspecified atom stereocenters. The number of amides is 2. The van der Waals surface area contributed by atoms with Crippen molar-refractivity contribution in [2.45, 2.75) is 20.3 Å². The average molecular weight is 433 g/mol. The van der Waals surface area contributed by atoms with Crippen LogP contribution < -0.4 is 10.2 Å². The van der Waals surface area contributed by atoms with Crippen LogP contribution in [0.2, 0.25) is 0 Å². The number of carbonyl (C=O) groups excluding carboxylic acids is 2. The number of fused-ring (bicyclic) bond motifs is 1. The van der Waals surface area contributed by atoms with Crippen LogP contribution in [0, 0.1) is 6.92 Å². The predicted molar refractivity (Wildman–Crippen MR) is 134 cm³/mol. The summed E-state index contributed by atoms with van der Waals surface area (Å²) in [6.45, 7) is 4.10. The second kappa shape index (κ2) is 8.40. The molecule has 0 spiro atoms. The summed E-state index contributed by atoms with van der Waals surface area (Å²) in [5.74, 6) is -0.681. The van der Waals surface area contributed by atoms with Crippen LogP contribution in [-0.4, -0.2) is 11.8 Å². The maximum Gasteiger partial charge on any atom is 0.282 e. The van der Waals surface area contributed by atoms with Crippen LogP contribution in [0.25, 0.3) is 16.3 Å². The molecule has 0 fully saturated rings. The summed E-state index contributed by atoms with van der Waals surface area (Å²) < 4.78 is 0. The topological polar surface area (TPSA) is 49.4 Å². The van der Waals surface area contributed by atoms with Crippen LogP contribution in [0.3, 0.4) is 0 Å². The van der Waals surface area contributed by atoms with E-state index in [-0.39, 0.29) is 11.8 Å². The molecule has 4 heteroatoms. The molecule has 0 aromatic heterocycles. The molecule has 4 aromatic carbocycles. The molecule has 0 saturated carbocycles. The molecule has 1 aliphatic rings. The molecule has 0 radical (unpaired) electrons. The van der Waals surface area contributed by atoms with E-state index in [9.17, 15) is 9.59 Å². The minimum Gasteiger partial charge on any atom is -0.350 e. The summed E-state index contributed by atoms with van der Waals surface area (Å²) >= 11 is 0. The minimum absolute atomic E-state index is 0.293. The van der Waals surface area contributed by atoms with Gasteiger partial charge in [-0.05, 0) is 48.1 Å². The Labute approximate surface area is 193 Å². The number of hydrogen-bond donors (Lipinski definition) is 1. The second-order valence-corrected chi connectivity index (χ2v) is 8.24. The molecule has 4 nitrogen and oxygen atoms in total. The quantitative estimate of drug-likeness (QED) is 0.387. The van der Waals surface area contributed by atoms with Crippen molar-refractivity contribution in [2.75, 3.05) is 10.2 Å². The Bertz CT molecular complexity index is 1390. The van der Waals surface area contributed by atoms with Crippen LogP contribution in [0.15, 0.2) is 96.7 Å². The van der Waals surface area contributed by atoms with Gasteiger partial charge < -0.3 is 5.32 Å². The predicted octanol–water partition coefficient (Wildman–Crippen LogP) is 6.11. The maximum atomic E-state index is 13.8. The third kappa shape index (κ3) is 3.70. The first-order valence-corrected chi connectivity index (χ1v) is 11.1. The fourth-order valence-corrected chi connectivity index (χ4v) is 4.22. The lowest BCUT2D eigenvalue weighted by molar-refractivity contribution is -0.120. The Kier molecular flexibility index (Phi) is 5.27. The summed E-state index contributed by atoms with van der Waals surface area (Å²) in [7, 11) is 0. The molecule has 2 amide bonds. The summed E-state index contributed by atoms with van der Waals surface area (Å²) in [6, 6.07) is 29.1. The molecule has 0 atom stereocenters. The van der Waals surface area contributed by atoms with Crippen molar-refractivity contribution in [3.05, 3.63) is 113 Å². The second-order valence-electron chi connectivity index (χ2n) is 8.24. The zero-order chi connectivity index (χ0) is 22.9. The van der Waals surface area contributed by atoms with Gasteiger partial charge in [-0.2, -0.15) is 0 Å². The van der Waals surface area contributed by atoms with E-state index in [0.29, 0.717) is 17.0 Å². The number of nitrogens with one attached hydrogen (secondary N) is 1. The monoisotopic (exact) mass is 432 g/mol. The highest BCUT2D eigenvalue weighted by atomic mass is 16.2. The van der Waals surface area contributed by atoms with Crippen LogP contribution in [0.1, 0.15) is 23.6 Å². The SMILES string of the molecule is CCc1ccc(NC2=C(c3ccc(C)cc3)C(=O)N(c3cccc4ccccc34)C2=O)cc1. The number of benzene rings is 4. The van der Waals surface area contributed by atoms with E-state index in [2.05, 4.69) is 12.2 Å². The summed E-state index contributed by atoms with van der Waals surface area (Å²) in [6.07, 6.45) is 0.934. The van der Waals surface area contributed by atoms with Crippen LogP contribution in [-0.2, 0) is 16.0 Å². The van der Waals surface area contributed by atoms with Gasteiger partial charge in [0.1, 0.15) is 5.70 Å². The van der Waals surface area contributed by atoms with E-state index < -0.39 is 0 Å². The van der Waals surface area contributed by atoms with Crippen molar-refractivity contribution in [1.82, 2.24) is 0 Å². The van der Waals surface area contributed by atoms with Gasteiger partial charge >= 0.3 is 0 Å². The molecule has 0 aliphatic carbocycles. The minimum atomic E-state index is -0.355. The fourth-order valence-electron chi connectivity index (χ4n) is 4.22. The number of carbonyl (C=O) groups is 2. The normalized spacial score (nSPS) is 13.8. The highest BCUT2D eigenvalue weighted by Gasteiger charge is 2.40. The van der Waals surface area contributed by atoms with Crippen LogP contribution >= 0.6 is 0 Å². The average Bonchev–Trinajstić information content (AvgIpc) is 3.09. The van der Waals surface area contributed by atoms with E-state index in [1.54, 1.807) is 0 Å². The van der Waals surface area contributed by atoms with Gasteiger partial charge in [0.2, 0.25) is 0 Å². The highest BCUT2D eigenvalue weighted by Crippen LogP contribution is 2.37. The molecule has 4 aromatic rings. The first kappa shape index (κ1) is 20.7. The van der Waals surface area contributed by atoms with E-state index in [0.717, 1.165) is 34.0 Å². The van der Waals surface area contributed by atoms with Gasteiger partial charge in [-0.15, -0.1) is 0 Å². The van der Waals surface area contributed by atoms with Gasteiger partial charge in [0.25, 0.3) is 11.8 Å². The molecule has 0 bridgehead atoms. The Morgan fingerprint density at radius 1 is 0.758 bits per heavy atom. The number of hydrogen-bond acceptors (Lipinski definition) is 3.